The molecule has 5 heteroatoms. The first-order chi connectivity index (χ1) is 9.90. The largest absolute Gasteiger partial charge is 0.490 e. The molecular weight excluding hydrogens is 377 g/mol. The van der Waals surface area contributed by atoms with E-state index in [0.717, 1.165) is 37.8 Å². The highest BCUT2D eigenvalue weighted by Gasteiger charge is 2.16. The van der Waals surface area contributed by atoms with Gasteiger partial charge in [-0.05, 0) is 49.8 Å². The van der Waals surface area contributed by atoms with Crippen molar-refractivity contribution in [3.8, 4) is 5.75 Å². The third-order valence-electron chi connectivity index (χ3n) is 3.89. The Kier molecular flexibility index (Phi) is 6.60. The summed E-state index contributed by atoms with van der Waals surface area (Å²) in [5.74, 6) is 1.91. The summed E-state index contributed by atoms with van der Waals surface area (Å²) in [6.07, 6.45) is 6.57. The summed E-state index contributed by atoms with van der Waals surface area (Å²) in [6.45, 7) is 2.74. The summed E-state index contributed by atoms with van der Waals surface area (Å²) >= 11 is 0. The van der Waals surface area contributed by atoms with Gasteiger partial charge in [-0.1, -0.05) is 12.1 Å². The number of halogens is 1. The molecule has 116 valence electrons. The van der Waals surface area contributed by atoms with Crippen LogP contribution in [-0.2, 0) is 6.54 Å². The predicted molar refractivity (Wildman–Crippen MR) is 96.5 cm³/mol. The van der Waals surface area contributed by atoms with E-state index < -0.39 is 0 Å². The Balaban J connectivity index is 0.00000161. The van der Waals surface area contributed by atoms with Gasteiger partial charge in [-0.25, -0.2) is 0 Å². The zero-order valence-electron chi connectivity index (χ0n) is 12.3. The normalized spacial score (nSPS) is 18.4. The fourth-order valence-corrected chi connectivity index (χ4v) is 2.72. The lowest BCUT2D eigenvalue weighted by Crippen LogP contribution is -2.40. The molecule has 0 saturated heterocycles. The van der Waals surface area contributed by atoms with Crippen LogP contribution >= 0.6 is 24.0 Å². The van der Waals surface area contributed by atoms with Gasteiger partial charge in [-0.2, -0.15) is 0 Å². The van der Waals surface area contributed by atoms with Crippen molar-refractivity contribution in [1.82, 2.24) is 10.6 Å². The molecule has 1 aromatic carbocycles. The summed E-state index contributed by atoms with van der Waals surface area (Å²) in [7, 11) is 0. The van der Waals surface area contributed by atoms with Crippen LogP contribution in [0.1, 0.15) is 37.7 Å². The molecule has 3 rings (SSSR count). The zero-order valence-corrected chi connectivity index (χ0v) is 14.6. The molecule has 2 aliphatic rings. The van der Waals surface area contributed by atoms with Crippen LogP contribution in [-0.4, -0.2) is 25.2 Å². The molecule has 0 amide bonds. The quantitative estimate of drug-likeness (QED) is 0.763. The lowest BCUT2D eigenvalue weighted by Gasteiger charge is -2.16. The van der Waals surface area contributed by atoms with Crippen LogP contribution in [0.3, 0.4) is 0 Å². The Bertz CT molecular complexity index is 455. The van der Waals surface area contributed by atoms with E-state index in [1.807, 2.05) is 0 Å². The second-order valence-electron chi connectivity index (χ2n) is 5.53. The third kappa shape index (κ3) is 5.05. The number of rotatable bonds is 4. The van der Waals surface area contributed by atoms with Crippen molar-refractivity contribution in [2.24, 2.45) is 4.99 Å². The van der Waals surface area contributed by atoms with Crippen LogP contribution in [0.4, 0.5) is 0 Å². The molecule has 21 heavy (non-hydrogen) atoms. The predicted octanol–water partition coefficient (Wildman–Crippen LogP) is 3.06. The summed E-state index contributed by atoms with van der Waals surface area (Å²) in [5.41, 5.74) is 1.25. The van der Waals surface area contributed by atoms with Crippen LogP contribution < -0.4 is 15.4 Å². The maximum absolute atomic E-state index is 5.97. The molecule has 1 saturated carbocycles. The summed E-state index contributed by atoms with van der Waals surface area (Å²) in [6, 6.07) is 8.40. The SMILES string of the molecule is I.c1cc(OC2CCCC2)ccc1CNC1=NCCCN1. The van der Waals surface area contributed by atoms with Crippen LogP contribution in [0.2, 0.25) is 0 Å². The average molecular weight is 401 g/mol. The van der Waals surface area contributed by atoms with Gasteiger partial charge >= 0.3 is 0 Å². The molecule has 1 heterocycles. The Morgan fingerprint density at radius 3 is 2.57 bits per heavy atom. The number of guanidine groups is 1. The molecule has 1 aliphatic heterocycles. The molecule has 0 aromatic heterocycles. The third-order valence-corrected chi connectivity index (χ3v) is 3.89. The molecule has 2 N–H and O–H groups in total. The molecule has 0 unspecified atom stereocenters. The Morgan fingerprint density at radius 1 is 1.14 bits per heavy atom. The van der Waals surface area contributed by atoms with E-state index in [2.05, 4.69) is 39.9 Å². The van der Waals surface area contributed by atoms with Gasteiger partial charge in [0.1, 0.15) is 5.75 Å². The first-order valence-corrected chi connectivity index (χ1v) is 7.68. The monoisotopic (exact) mass is 401 g/mol. The standard InChI is InChI=1S/C16H23N3O.HI/c1-2-5-14(4-1)20-15-8-6-13(7-9-15)12-19-16-17-10-3-11-18-16;/h6-9,14H,1-5,10-12H2,(H2,17,18,19);1H. The number of hydrogen-bond donors (Lipinski definition) is 2. The smallest absolute Gasteiger partial charge is 0.191 e. The molecule has 1 fully saturated rings. The zero-order chi connectivity index (χ0) is 13.6. The molecule has 4 nitrogen and oxygen atoms in total. The van der Waals surface area contributed by atoms with Gasteiger partial charge in [0.25, 0.3) is 0 Å². The van der Waals surface area contributed by atoms with Crippen molar-refractivity contribution in [3.05, 3.63) is 29.8 Å². The highest BCUT2D eigenvalue weighted by molar-refractivity contribution is 14.0. The van der Waals surface area contributed by atoms with Crippen molar-refractivity contribution < 1.29 is 4.74 Å². The van der Waals surface area contributed by atoms with E-state index in [9.17, 15) is 0 Å². The number of hydrogen-bond acceptors (Lipinski definition) is 4. The molecule has 0 spiro atoms. The highest BCUT2D eigenvalue weighted by Crippen LogP contribution is 2.24. The van der Waals surface area contributed by atoms with Crippen LogP contribution in [0.25, 0.3) is 0 Å². The number of aliphatic imine (C=N–C) groups is 1. The van der Waals surface area contributed by atoms with E-state index >= 15 is 0 Å². The number of nitrogens with zero attached hydrogens (tertiary/aromatic N) is 1. The Hall–Kier alpha value is -0.980. The van der Waals surface area contributed by atoms with Crippen molar-refractivity contribution in [1.29, 1.82) is 0 Å². The molecule has 0 atom stereocenters. The van der Waals surface area contributed by atoms with E-state index in [-0.39, 0.29) is 24.0 Å². The lowest BCUT2D eigenvalue weighted by atomic mass is 10.2. The van der Waals surface area contributed by atoms with E-state index in [0.29, 0.717) is 6.10 Å². The van der Waals surface area contributed by atoms with Crippen LogP contribution in [0.15, 0.2) is 29.3 Å². The van der Waals surface area contributed by atoms with Crippen molar-refractivity contribution in [3.63, 3.8) is 0 Å². The summed E-state index contributed by atoms with van der Waals surface area (Å²) in [4.78, 5) is 4.40. The van der Waals surface area contributed by atoms with E-state index in [1.54, 1.807) is 0 Å². The summed E-state index contributed by atoms with van der Waals surface area (Å²) in [5, 5.41) is 6.59. The highest BCUT2D eigenvalue weighted by atomic mass is 127. The second kappa shape index (κ2) is 8.46. The minimum Gasteiger partial charge on any atom is -0.490 e. The topological polar surface area (TPSA) is 45.6 Å². The number of benzene rings is 1. The van der Waals surface area contributed by atoms with Gasteiger partial charge in [0.2, 0.25) is 0 Å². The lowest BCUT2D eigenvalue weighted by molar-refractivity contribution is 0.210. The average Bonchev–Trinajstić information content (AvgIpc) is 3.01. The van der Waals surface area contributed by atoms with Crippen LogP contribution in [0.5, 0.6) is 5.75 Å². The van der Waals surface area contributed by atoms with Gasteiger partial charge in [-0.3, -0.25) is 4.99 Å². The van der Waals surface area contributed by atoms with E-state index in [1.165, 1.54) is 31.2 Å². The Labute approximate surface area is 143 Å². The second-order valence-corrected chi connectivity index (χ2v) is 5.53. The molecule has 0 radical (unpaired) electrons. The first-order valence-electron chi connectivity index (χ1n) is 7.68. The fraction of sp³-hybridized carbons (Fsp3) is 0.562. The van der Waals surface area contributed by atoms with Gasteiger partial charge in [0.05, 0.1) is 6.10 Å². The number of nitrogens with one attached hydrogen (secondary N) is 2. The molecule has 1 aromatic rings. The van der Waals surface area contributed by atoms with Gasteiger partial charge in [0.15, 0.2) is 5.96 Å². The molecular formula is C16H24IN3O. The minimum atomic E-state index is 0. The van der Waals surface area contributed by atoms with E-state index in [4.69, 9.17) is 4.74 Å². The van der Waals surface area contributed by atoms with Gasteiger partial charge < -0.3 is 15.4 Å². The van der Waals surface area contributed by atoms with Gasteiger partial charge in [-0.15, -0.1) is 24.0 Å². The van der Waals surface area contributed by atoms with Crippen molar-refractivity contribution in [2.75, 3.05) is 13.1 Å². The van der Waals surface area contributed by atoms with Crippen molar-refractivity contribution >= 4 is 29.9 Å². The number of ether oxygens (including phenoxy) is 1. The Morgan fingerprint density at radius 2 is 1.90 bits per heavy atom. The maximum atomic E-state index is 5.97. The van der Waals surface area contributed by atoms with Gasteiger partial charge in [0, 0.05) is 19.6 Å². The van der Waals surface area contributed by atoms with Crippen molar-refractivity contribution in [2.45, 2.75) is 44.8 Å². The van der Waals surface area contributed by atoms with Crippen LogP contribution in [0, 0.1) is 0 Å². The minimum absolute atomic E-state index is 0. The molecule has 0 bridgehead atoms. The fourth-order valence-electron chi connectivity index (χ4n) is 2.72. The summed E-state index contributed by atoms with van der Waals surface area (Å²) < 4.78 is 5.97. The first kappa shape index (κ1) is 16.4. The maximum Gasteiger partial charge on any atom is 0.191 e. The molecule has 1 aliphatic carbocycles.